The van der Waals surface area contributed by atoms with E-state index in [-0.39, 0.29) is 42.4 Å². The summed E-state index contributed by atoms with van der Waals surface area (Å²) in [6.07, 6.45) is -0.142. The molecule has 0 aliphatic carbocycles. The summed E-state index contributed by atoms with van der Waals surface area (Å²) in [6.45, 7) is 3.23. The van der Waals surface area contributed by atoms with Crippen molar-refractivity contribution < 1.29 is 28.3 Å². The highest BCUT2D eigenvalue weighted by Gasteiger charge is 2.43. The van der Waals surface area contributed by atoms with Crippen molar-refractivity contribution in [1.82, 2.24) is 14.7 Å². The van der Waals surface area contributed by atoms with Gasteiger partial charge in [-0.2, -0.15) is 0 Å². The van der Waals surface area contributed by atoms with Gasteiger partial charge in [-0.05, 0) is 61.7 Å². The highest BCUT2D eigenvalue weighted by atomic mass is 35.5. The first kappa shape index (κ1) is 25.9. The quantitative estimate of drug-likeness (QED) is 0.632. The summed E-state index contributed by atoms with van der Waals surface area (Å²) in [4.78, 5) is 42.7. The number of piperidine rings is 1. The Bertz CT molecular complexity index is 1140. The molecular weight excluding hydrogens is 492 g/mol. The summed E-state index contributed by atoms with van der Waals surface area (Å²) >= 11 is 5.84. The molecular formula is C26H28ClF2N3O4. The Labute approximate surface area is 213 Å². The number of halogens is 3. The van der Waals surface area contributed by atoms with Gasteiger partial charge in [0.05, 0.1) is 11.1 Å². The Hall–Kier alpha value is -3.20. The van der Waals surface area contributed by atoms with Gasteiger partial charge in [-0.15, -0.1) is 0 Å². The minimum Gasteiger partial charge on any atom is -0.465 e. The molecule has 2 aromatic carbocycles. The van der Waals surface area contributed by atoms with Gasteiger partial charge in [0.1, 0.15) is 11.6 Å². The number of hydrogen-bond acceptors (Lipinski definition) is 3. The van der Waals surface area contributed by atoms with Crippen molar-refractivity contribution in [3.63, 3.8) is 0 Å². The molecule has 2 saturated heterocycles. The molecule has 0 aromatic heterocycles. The first-order valence-electron chi connectivity index (χ1n) is 12.0. The van der Waals surface area contributed by atoms with E-state index in [1.54, 1.807) is 22.8 Å². The summed E-state index contributed by atoms with van der Waals surface area (Å²) in [6, 6.07) is 9.29. The van der Waals surface area contributed by atoms with E-state index < -0.39 is 29.7 Å². The molecule has 0 saturated carbocycles. The molecule has 2 aliphatic heterocycles. The van der Waals surface area contributed by atoms with Crippen LogP contribution in [0.15, 0.2) is 42.5 Å². The smallest absolute Gasteiger partial charge is 0.407 e. The minimum absolute atomic E-state index is 0.0197. The first-order valence-corrected chi connectivity index (χ1v) is 12.4. The van der Waals surface area contributed by atoms with Gasteiger partial charge in [0.2, 0.25) is 5.91 Å². The monoisotopic (exact) mass is 519 g/mol. The Balaban J connectivity index is 1.45. The zero-order valence-electron chi connectivity index (χ0n) is 19.9. The average molecular weight is 520 g/mol. The van der Waals surface area contributed by atoms with Crippen LogP contribution in [0.3, 0.4) is 0 Å². The number of hydrogen-bond donors (Lipinski definition) is 1. The molecule has 2 atom stereocenters. The van der Waals surface area contributed by atoms with Gasteiger partial charge < -0.3 is 19.8 Å². The molecule has 36 heavy (non-hydrogen) atoms. The van der Waals surface area contributed by atoms with Gasteiger partial charge in [0, 0.05) is 50.1 Å². The van der Waals surface area contributed by atoms with Crippen LogP contribution in [0.1, 0.15) is 41.6 Å². The normalized spacial score (nSPS) is 20.4. The second kappa shape index (κ2) is 10.8. The summed E-state index contributed by atoms with van der Waals surface area (Å²) in [5, 5.41) is 9.71. The van der Waals surface area contributed by atoms with Gasteiger partial charge in [0.25, 0.3) is 5.91 Å². The molecule has 192 valence electrons. The second-order valence-corrected chi connectivity index (χ2v) is 9.64. The van der Waals surface area contributed by atoms with Crippen molar-refractivity contribution in [1.29, 1.82) is 0 Å². The summed E-state index contributed by atoms with van der Waals surface area (Å²) in [7, 11) is 0. The van der Waals surface area contributed by atoms with E-state index >= 15 is 0 Å². The zero-order valence-corrected chi connectivity index (χ0v) is 20.6. The zero-order chi connectivity index (χ0) is 26.0. The van der Waals surface area contributed by atoms with Gasteiger partial charge in [0.15, 0.2) is 0 Å². The van der Waals surface area contributed by atoms with Crippen molar-refractivity contribution in [3.8, 4) is 0 Å². The highest BCUT2D eigenvalue weighted by Crippen LogP contribution is 2.35. The molecule has 3 amide bonds. The maximum atomic E-state index is 14.2. The van der Waals surface area contributed by atoms with Gasteiger partial charge in [-0.1, -0.05) is 17.7 Å². The number of carboxylic acid groups (broad SMARTS) is 1. The topological polar surface area (TPSA) is 81.2 Å². The average Bonchev–Trinajstić information content (AvgIpc) is 3.30. The summed E-state index contributed by atoms with van der Waals surface area (Å²) in [5.74, 6) is -1.99. The molecule has 1 N–H and O–H groups in total. The molecule has 7 nitrogen and oxygen atoms in total. The predicted octanol–water partition coefficient (Wildman–Crippen LogP) is 4.46. The molecule has 10 heteroatoms. The number of benzene rings is 2. The van der Waals surface area contributed by atoms with Crippen LogP contribution in [-0.2, 0) is 4.79 Å². The molecule has 0 spiro atoms. The number of carbonyl (C=O) groups excluding carboxylic acids is 2. The predicted molar refractivity (Wildman–Crippen MR) is 130 cm³/mol. The lowest BCUT2D eigenvalue weighted by Gasteiger charge is -2.33. The van der Waals surface area contributed by atoms with Crippen molar-refractivity contribution in [3.05, 3.63) is 70.2 Å². The lowest BCUT2D eigenvalue weighted by Crippen LogP contribution is -2.46. The van der Waals surface area contributed by atoms with E-state index in [1.165, 1.54) is 41.3 Å². The van der Waals surface area contributed by atoms with Crippen LogP contribution in [0.4, 0.5) is 13.6 Å². The third-order valence-electron chi connectivity index (χ3n) is 7.18. The maximum absolute atomic E-state index is 14.2. The molecule has 0 bridgehead atoms. The molecule has 2 aliphatic rings. The van der Waals surface area contributed by atoms with Crippen molar-refractivity contribution >= 4 is 29.5 Å². The Morgan fingerprint density at radius 1 is 1.03 bits per heavy atom. The number of nitrogens with zero attached hydrogens (tertiary/aromatic N) is 3. The van der Waals surface area contributed by atoms with Crippen LogP contribution in [0.2, 0.25) is 5.02 Å². The van der Waals surface area contributed by atoms with Crippen molar-refractivity contribution in [2.75, 3.05) is 32.7 Å². The van der Waals surface area contributed by atoms with E-state index in [2.05, 4.69) is 0 Å². The number of amides is 3. The van der Waals surface area contributed by atoms with E-state index in [1.807, 2.05) is 0 Å². The maximum Gasteiger partial charge on any atom is 0.407 e. The van der Waals surface area contributed by atoms with Crippen LogP contribution in [0.5, 0.6) is 0 Å². The number of carbonyl (C=O) groups is 3. The molecule has 4 rings (SSSR count). The van der Waals surface area contributed by atoms with E-state index in [9.17, 15) is 28.3 Å². The van der Waals surface area contributed by atoms with Crippen LogP contribution >= 0.6 is 11.6 Å². The minimum atomic E-state index is -1.09. The largest absolute Gasteiger partial charge is 0.465 e. The van der Waals surface area contributed by atoms with E-state index in [4.69, 9.17) is 11.6 Å². The Morgan fingerprint density at radius 2 is 1.69 bits per heavy atom. The fourth-order valence-electron chi connectivity index (χ4n) is 5.23. The summed E-state index contributed by atoms with van der Waals surface area (Å²) < 4.78 is 27.4. The molecule has 0 radical (unpaired) electrons. The second-order valence-electron chi connectivity index (χ2n) is 9.23. The number of rotatable bonds is 5. The third kappa shape index (κ3) is 5.31. The van der Waals surface area contributed by atoms with Crippen molar-refractivity contribution in [2.24, 2.45) is 5.92 Å². The van der Waals surface area contributed by atoms with Crippen LogP contribution in [0, 0.1) is 17.6 Å². The lowest BCUT2D eigenvalue weighted by molar-refractivity contribution is -0.136. The number of likely N-dealkylation sites (N-methyl/N-ethyl adjacent to an activating group) is 1. The van der Waals surface area contributed by atoms with Gasteiger partial charge >= 0.3 is 6.09 Å². The lowest BCUT2D eigenvalue weighted by atomic mass is 9.93. The summed E-state index contributed by atoms with van der Waals surface area (Å²) in [5.41, 5.74) is 0.992. The van der Waals surface area contributed by atoms with Gasteiger partial charge in [-0.25, -0.2) is 13.6 Å². The molecule has 2 aromatic rings. The molecule has 2 heterocycles. The standard InChI is InChI=1S/C26H28ClF2N3O4/c1-2-32(26(35)36)23-15-31(14-20(23)18-5-8-21(27)22(29)13-18)25(34)17-9-11-30(12-10-17)24(33)16-3-6-19(28)7-4-16/h3-8,13,17,20,23H,2,9-12,14-15H2,1H3,(H,35,36)/t20-,23+/m0/s1. The fraction of sp³-hybridized carbons (Fsp3) is 0.423. The first-order chi connectivity index (χ1) is 17.2. The van der Waals surface area contributed by atoms with Gasteiger partial charge in [-0.3, -0.25) is 9.59 Å². The Kier molecular flexibility index (Phi) is 7.78. The van der Waals surface area contributed by atoms with E-state index in [0.29, 0.717) is 37.1 Å². The molecule has 2 fully saturated rings. The third-order valence-corrected chi connectivity index (χ3v) is 7.49. The van der Waals surface area contributed by atoms with E-state index in [0.717, 1.165) is 0 Å². The van der Waals surface area contributed by atoms with Crippen LogP contribution < -0.4 is 0 Å². The van der Waals surface area contributed by atoms with Crippen LogP contribution in [-0.4, -0.2) is 76.5 Å². The van der Waals surface area contributed by atoms with Crippen LogP contribution in [0.25, 0.3) is 0 Å². The number of likely N-dealkylation sites (tertiary alicyclic amines) is 2. The molecule has 0 unspecified atom stereocenters. The SMILES string of the molecule is CCN(C(=O)O)[C@@H]1CN(C(=O)C2CCN(C(=O)c3ccc(F)cc3)CC2)C[C@H]1c1ccc(Cl)c(F)c1. The van der Waals surface area contributed by atoms with Crippen molar-refractivity contribution in [2.45, 2.75) is 31.7 Å². The Morgan fingerprint density at radius 3 is 2.28 bits per heavy atom. The highest BCUT2D eigenvalue weighted by molar-refractivity contribution is 6.30. The fourth-order valence-corrected chi connectivity index (χ4v) is 5.34.